The first-order valence-electron chi connectivity index (χ1n) is 9.62. The summed E-state index contributed by atoms with van der Waals surface area (Å²) in [4.78, 5) is 4.41. The third-order valence-corrected chi connectivity index (χ3v) is 3.99. The van der Waals surface area contributed by atoms with Gasteiger partial charge < -0.3 is 25.2 Å². The number of hydrogen-bond acceptors (Lipinski definition) is 4. The molecule has 178 valence electrons. The monoisotopic (exact) mass is 571 g/mol. The number of aliphatic hydroxyl groups is 1. The van der Waals surface area contributed by atoms with Gasteiger partial charge in [-0.05, 0) is 42.3 Å². The summed E-state index contributed by atoms with van der Waals surface area (Å²) in [6, 6.07) is 12.4. The molecule has 0 aromatic heterocycles. The molecule has 0 aliphatic carbocycles. The zero-order valence-electron chi connectivity index (χ0n) is 17.3. The molecule has 0 heterocycles. The maximum absolute atomic E-state index is 12.3. The average Bonchev–Trinajstić information content (AvgIpc) is 2.74. The number of aliphatic imine (C=N–C) groups is 1. The van der Waals surface area contributed by atoms with E-state index in [4.69, 9.17) is 4.74 Å². The van der Waals surface area contributed by atoms with E-state index in [1.807, 2.05) is 6.92 Å². The van der Waals surface area contributed by atoms with Gasteiger partial charge in [0.1, 0.15) is 18.1 Å². The number of nitrogens with one attached hydrogen (secondary N) is 2. The van der Waals surface area contributed by atoms with Crippen molar-refractivity contribution < 1.29 is 32.1 Å². The predicted octanol–water partition coefficient (Wildman–Crippen LogP) is 4.34. The minimum Gasteiger partial charge on any atom is -0.488 e. The normalized spacial score (nSPS) is 12.3. The molecule has 32 heavy (non-hydrogen) atoms. The molecule has 0 fully saturated rings. The minimum absolute atomic E-state index is 0. The lowest BCUT2D eigenvalue weighted by Gasteiger charge is -2.16. The third-order valence-electron chi connectivity index (χ3n) is 3.99. The van der Waals surface area contributed by atoms with E-state index in [1.54, 1.807) is 24.3 Å². The summed E-state index contributed by atoms with van der Waals surface area (Å²) in [5.74, 6) is 0.785. The van der Waals surface area contributed by atoms with Gasteiger partial charge >= 0.3 is 6.61 Å². The van der Waals surface area contributed by atoms with E-state index in [1.165, 1.54) is 24.3 Å². The molecule has 0 saturated heterocycles. The van der Waals surface area contributed by atoms with E-state index in [0.717, 1.165) is 5.56 Å². The lowest BCUT2D eigenvalue weighted by Crippen LogP contribution is -2.39. The van der Waals surface area contributed by atoms with Gasteiger partial charge in [0.05, 0.1) is 12.6 Å². The van der Waals surface area contributed by atoms with Gasteiger partial charge in [-0.1, -0.05) is 24.3 Å². The van der Waals surface area contributed by atoms with Gasteiger partial charge in [0.15, 0.2) is 5.96 Å². The van der Waals surface area contributed by atoms with Crippen LogP contribution in [0.5, 0.6) is 11.5 Å². The molecule has 2 aromatic rings. The summed E-state index contributed by atoms with van der Waals surface area (Å²) >= 11 is 0. The Bertz CT molecular complexity index is 826. The first-order chi connectivity index (χ1) is 14.9. The van der Waals surface area contributed by atoms with Crippen molar-refractivity contribution in [2.24, 2.45) is 4.99 Å². The van der Waals surface area contributed by atoms with Crippen LogP contribution in [-0.4, -0.2) is 43.8 Å². The van der Waals surface area contributed by atoms with Crippen molar-refractivity contribution in [2.75, 3.05) is 19.7 Å². The summed E-state index contributed by atoms with van der Waals surface area (Å²) in [6.07, 6.45) is -3.46. The number of hydrogen-bond donors (Lipinski definition) is 3. The average molecular weight is 571 g/mol. The maximum atomic E-state index is 12.3. The van der Waals surface area contributed by atoms with Gasteiger partial charge in [0.25, 0.3) is 6.43 Å². The zero-order valence-corrected chi connectivity index (χ0v) is 19.6. The Morgan fingerprint density at radius 1 is 1.03 bits per heavy atom. The van der Waals surface area contributed by atoms with Crippen molar-refractivity contribution in [2.45, 2.75) is 32.6 Å². The molecule has 2 aromatic carbocycles. The molecule has 2 rings (SSSR count). The van der Waals surface area contributed by atoms with Gasteiger partial charge in [-0.3, -0.25) is 0 Å². The number of alkyl halides is 4. The van der Waals surface area contributed by atoms with Crippen LogP contribution in [0.2, 0.25) is 0 Å². The van der Waals surface area contributed by atoms with Crippen LogP contribution in [-0.2, 0) is 6.54 Å². The molecule has 6 nitrogen and oxygen atoms in total. The quantitative estimate of drug-likeness (QED) is 0.162. The highest BCUT2D eigenvalue weighted by molar-refractivity contribution is 14.0. The molecule has 0 amide bonds. The fourth-order valence-electron chi connectivity index (χ4n) is 2.59. The topological polar surface area (TPSA) is 75.1 Å². The van der Waals surface area contributed by atoms with Gasteiger partial charge in [0, 0.05) is 13.1 Å². The molecule has 0 radical (unpaired) electrons. The molecule has 0 bridgehead atoms. The number of nitrogens with zero attached hydrogens (tertiary/aromatic N) is 1. The Hall–Kier alpha value is -2.28. The highest BCUT2D eigenvalue weighted by Crippen LogP contribution is 2.19. The summed E-state index contributed by atoms with van der Waals surface area (Å²) in [5.41, 5.74) is 1.29. The van der Waals surface area contributed by atoms with Crippen LogP contribution in [0.4, 0.5) is 17.6 Å². The number of aliphatic hydroxyl groups excluding tert-OH is 1. The molecule has 1 unspecified atom stereocenters. The summed E-state index contributed by atoms with van der Waals surface area (Å²) < 4.78 is 58.3. The second-order valence-corrected chi connectivity index (χ2v) is 6.39. The molecule has 3 N–H and O–H groups in total. The Labute approximate surface area is 201 Å². The molecule has 11 heteroatoms. The van der Waals surface area contributed by atoms with Gasteiger partial charge in [-0.25, -0.2) is 13.8 Å². The van der Waals surface area contributed by atoms with Crippen molar-refractivity contribution >= 4 is 29.9 Å². The second-order valence-electron chi connectivity index (χ2n) is 6.39. The standard InChI is InChI=1S/C21H25F4N3O3.HI/c1-2-26-21(27-11-14-4-3-5-17(10-14)30-13-19(22)23)28-12-18(29)15-6-8-16(9-7-15)31-20(24)25;/h3-10,18-20,29H,2,11-13H2,1H3,(H2,26,27,28);1H. The fourth-order valence-corrected chi connectivity index (χ4v) is 2.59. The van der Waals surface area contributed by atoms with Gasteiger partial charge in [-0.15, -0.1) is 24.0 Å². The van der Waals surface area contributed by atoms with Crippen molar-refractivity contribution in [3.63, 3.8) is 0 Å². The molecular weight excluding hydrogens is 545 g/mol. The first kappa shape index (κ1) is 27.8. The fraction of sp³-hybridized carbons (Fsp3) is 0.381. The van der Waals surface area contributed by atoms with Crippen LogP contribution in [0.15, 0.2) is 53.5 Å². The van der Waals surface area contributed by atoms with Crippen LogP contribution in [0.3, 0.4) is 0 Å². The SMILES string of the molecule is CCNC(=NCc1cccc(OCC(F)F)c1)NCC(O)c1ccc(OC(F)F)cc1.I. The van der Waals surface area contributed by atoms with E-state index in [2.05, 4.69) is 20.4 Å². The smallest absolute Gasteiger partial charge is 0.387 e. The van der Waals surface area contributed by atoms with Crippen molar-refractivity contribution in [1.29, 1.82) is 0 Å². The highest BCUT2D eigenvalue weighted by Gasteiger charge is 2.10. The van der Waals surface area contributed by atoms with E-state index >= 15 is 0 Å². The molecule has 0 aliphatic rings. The zero-order chi connectivity index (χ0) is 22.6. The molecule has 0 aliphatic heterocycles. The predicted molar refractivity (Wildman–Crippen MR) is 124 cm³/mol. The van der Waals surface area contributed by atoms with Crippen molar-refractivity contribution in [3.05, 3.63) is 59.7 Å². The Morgan fingerprint density at radius 2 is 1.75 bits per heavy atom. The Morgan fingerprint density at radius 3 is 2.38 bits per heavy atom. The number of benzene rings is 2. The van der Waals surface area contributed by atoms with E-state index in [0.29, 0.717) is 23.8 Å². The van der Waals surface area contributed by atoms with Crippen LogP contribution in [0, 0.1) is 0 Å². The van der Waals surface area contributed by atoms with Crippen molar-refractivity contribution in [1.82, 2.24) is 10.6 Å². The van der Waals surface area contributed by atoms with Crippen LogP contribution >= 0.6 is 24.0 Å². The number of rotatable bonds is 11. The van der Waals surface area contributed by atoms with E-state index in [-0.39, 0.29) is 42.8 Å². The molecular formula is C21H26F4IN3O3. The largest absolute Gasteiger partial charge is 0.488 e. The summed E-state index contributed by atoms with van der Waals surface area (Å²) in [6.45, 7) is -0.736. The van der Waals surface area contributed by atoms with Crippen LogP contribution in [0.25, 0.3) is 0 Å². The Kier molecular flexibility index (Phi) is 12.8. The summed E-state index contributed by atoms with van der Waals surface area (Å²) in [5, 5.41) is 16.4. The Balaban J connectivity index is 0.00000512. The second kappa shape index (κ2) is 14.7. The third kappa shape index (κ3) is 10.4. The number of guanidine groups is 1. The van der Waals surface area contributed by atoms with Crippen LogP contribution in [0.1, 0.15) is 24.2 Å². The lowest BCUT2D eigenvalue weighted by atomic mass is 10.1. The van der Waals surface area contributed by atoms with E-state index < -0.39 is 25.7 Å². The molecule has 1 atom stereocenters. The molecule has 0 spiro atoms. The lowest BCUT2D eigenvalue weighted by molar-refractivity contribution is -0.0498. The highest BCUT2D eigenvalue weighted by atomic mass is 127. The minimum atomic E-state index is -2.91. The summed E-state index contributed by atoms with van der Waals surface area (Å²) in [7, 11) is 0. The number of halogens is 5. The van der Waals surface area contributed by atoms with Crippen LogP contribution < -0.4 is 20.1 Å². The molecule has 0 saturated carbocycles. The van der Waals surface area contributed by atoms with Crippen molar-refractivity contribution in [3.8, 4) is 11.5 Å². The number of ether oxygens (including phenoxy) is 2. The first-order valence-corrected chi connectivity index (χ1v) is 9.62. The van der Waals surface area contributed by atoms with E-state index in [9.17, 15) is 22.7 Å². The van der Waals surface area contributed by atoms with Gasteiger partial charge in [-0.2, -0.15) is 8.78 Å². The maximum Gasteiger partial charge on any atom is 0.387 e. The van der Waals surface area contributed by atoms with Gasteiger partial charge in [0.2, 0.25) is 0 Å².